The Balaban J connectivity index is -0.0000000267. The van der Waals surface area contributed by atoms with Crippen LogP contribution in [0.5, 0.6) is 0 Å². The Bertz CT molecular complexity index is 18.8. The van der Waals surface area contributed by atoms with Crippen LogP contribution < -0.4 is 5.11 Å². The first kappa shape index (κ1) is 22.7. The molecule has 0 aliphatic rings. The van der Waals surface area contributed by atoms with Crippen LogP contribution in [0.3, 0.4) is 0 Å². The van der Waals surface area contributed by atoms with Gasteiger partial charge in [-0.1, -0.05) is 19.8 Å². The van der Waals surface area contributed by atoms with Crippen molar-refractivity contribution in [3.8, 4) is 0 Å². The van der Waals surface area contributed by atoms with Crippen LogP contribution in [0.4, 0.5) is 0 Å². The predicted octanol–water partition coefficient (Wildman–Crippen LogP) is -1.24. The molecule has 4 heteroatoms. The molecule has 0 aromatic rings. The Morgan fingerprint density at radius 2 is 1.75 bits per heavy atom. The van der Waals surface area contributed by atoms with Gasteiger partial charge in [-0.2, -0.15) is 0 Å². The van der Waals surface area contributed by atoms with E-state index in [1.165, 1.54) is 0 Å². The second-order valence-electron chi connectivity index (χ2n) is 1.06. The molecule has 0 aromatic heterocycles. The van der Waals surface area contributed by atoms with Crippen LogP contribution in [0.25, 0.3) is 0 Å². The van der Waals surface area contributed by atoms with E-state index in [-0.39, 0.29) is 66.4 Å². The Morgan fingerprint density at radius 3 is 1.75 bits per heavy atom. The fraction of sp³-hybridized carbons (Fsp3) is 1.00. The first-order valence-electron chi connectivity index (χ1n) is 2.00. The quantitative estimate of drug-likeness (QED) is 0.570. The zero-order valence-electron chi connectivity index (χ0n) is 5.18. The standard InChI is InChI=1S/C4H9O.Ba.2H2O/c1-2-3-4-5;;;/h2-4H2,1H3;;2*1H2/q-1;+2;;/p-1. The number of rotatable bonds is 2. The van der Waals surface area contributed by atoms with Crippen LogP contribution in [0, 0.1) is 0 Å². The van der Waals surface area contributed by atoms with E-state index in [4.69, 9.17) is 0 Å². The maximum absolute atomic E-state index is 9.53. The molecule has 0 rings (SSSR count). The molecule has 0 spiro atoms. The van der Waals surface area contributed by atoms with Crippen LogP contribution in [0.1, 0.15) is 19.8 Å². The van der Waals surface area contributed by atoms with Crippen molar-refractivity contribution < 1.29 is 16.1 Å². The Labute approximate surface area is 90.2 Å². The largest absolute Gasteiger partial charge is 2.00 e. The number of hydrogen-bond donors (Lipinski definition) is 0. The van der Waals surface area contributed by atoms with E-state index in [0.29, 0.717) is 0 Å². The first-order valence-corrected chi connectivity index (χ1v) is 2.00. The minimum atomic E-state index is 0. The zero-order valence-corrected chi connectivity index (χ0v) is 9.62. The van der Waals surface area contributed by atoms with E-state index in [1.807, 2.05) is 6.92 Å². The monoisotopic (exact) mass is 246 g/mol. The molecule has 0 aromatic carbocycles. The van der Waals surface area contributed by atoms with Crippen LogP contribution in [0.2, 0.25) is 0 Å². The van der Waals surface area contributed by atoms with E-state index < -0.39 is 0 Å². The molecular weight excluding hydrogens is 233 g/mol. The molecule has 0 heterocycles. The molecule has 3 N–H and O–H groups in total. The molecule has 0 aliphatic heterocycles. The molecule has 0 aliphatic carbocycles. The van der Waals surface area contributed by atoms with Crippen LogP contribution in [-0.2, 0) is 0 Å². The van der Waals surface area contributed by atoms with E-state index in [0.717, 1.165) is 12.8 Å². The summed E-state index contributed by atoms with van der Waals surface area (Å²) in [6.45, 7) is 2.11. The van der Waals surface area contributed by atoms with Gasteiger partial charge in [-0.25, -0.2) is 0 Å². The van der Waals surface area contributed by atoms with E-state index in [9.17, 15) is 5.11 Å². The molecule has 8 heavy (non-hydrogen) atoms. The van der Waals surface area contributed by atoms with Crippen molar-refractivity contribution >= 4 is 48.9 Å². The third-order valence-electron chi connectivity index (χ3n) is 0.498. The van der Waals surface area contributed by atoms with Crippen molar-refractivity contribution in [2.75, 3.05) is 6.61 Å². The average Bonchev–Trinajstić information content (AvgIpc) is 1.41. The third-order valence-corrected chi connectivity index (χ3v) is 0.498. The van der Waals surface area contributed by atoms with Crippen molar-refractivity contribution in [3.63, 3.8) is 0 Å². The maximum atomic E-state index is 9.53. The molecule has 0 radical (unpaired) electrons. The van der Waals surface area contributed by atoms with Crippen molar-refractivity contribution in [3.05, 3.63) is 0 Å². The summed E-state index contributed by atoms with van der Waals surface area (Å²) < 4.78 is 0. The summed E-state index contributed by atoms with van der Waals surface area (Å²) in [5.41, 5.74) is 0. The van der Waals surface area contributed by atoms with Gasteiger partial charge >= 0.3 is 48.9 Å². The number of unbranched alkanes of at least 4 members (excludes halogenated alkanes) is 1. The van der Waals surface area contributed by atoms with Crippen LogP contribution >= 0.6 is 0 Å². The smallest absolute Gasteiger partial charge is 0.870 e. The van der Waals surface area contributed by atoms with Gasteiger partial charge in [0.05, 0.1) is 0 Å². The van der Waals surface area contributed by atoms with Gasteiger partial charge in [-0.05, 0) is 0 Å². The van der Waals surface area contributed by atoms with Crippen LogP contribution in [0.15, 0.2) is 0 Å². The molecule has 0 atom stereocenters. The summed E-state index contributed by atoms with van der Waals surface area (Å²) in [6.07, 6.45) is 1.86. The third kappa shape index (κ3) is 26.0. The van der Waals surface area contributed by atoms with E-state index in [2.05, 4.69) is 0 Å². The average molecular weight is 245 g/mol. The molecular formula is C4H12BaO3. The summed E-state index contributed by atoms with van der Waals surface area (Å²) in [7, 11) is 0. The molecule has 48 valence electrons. The Hall–Kier alpha value is 1.45. The van der Waals surface area contributed by atoms with Gasteiger partial charge in [0.1, 0.15) is 0 Å². The zero-order chi connectivity index (χ0) is 4.12. The molecule has 3 nitrogen and oxygen atoms in total. The minimum absolute atomic E-state index is 0. The first-order chi connectivity index (χ1) is 2.41. The second-order valence-corrected chi connectivity index (χ2v) is 1.06. The second kappa shape index (κ2) is 23.7. The van der Waals surface area contributed by atoms with Crippen molar-refractivity contribution in [1.82, 2.24) is 0 Å². The topological polar surface area (TPSA) is 84.6 Å². The summed E-state index contributed by atoms with van der Waals surface area (Å²) in [5, 5.41) is 9.53. The maximum Gasteiger partial charge on any atom is 2.00 e. The summed E-state index contributed by atoms with van der Waals surface area (Å²) >= 11 is 0. The molecule has 0 saturated carbocycles. The Morgan fingerprint density at radius 1 is 1.38 bits per heavy atom. The minimum Gasteiger partial charge on any atom is -0.870 e. The van der Waals surface area contributed by atoms with Gasteiger partial charge in [0.2, 0.25) is 0 Å². The fourth-order valence-electron chi connectivity index (χ4n) is 0.144. The van der Waals surface area contributed by atoms with Gasteiger partial charge in [0.25, 0.3) is 0 Å². The molecule has 0 saturated heterocycles. The van der Waals surface area contributed by atoms with Gasteiger partial charge in [-0.3, -0.25) is 0 Å². The summed E-state index contributed by atoms with van der Waals surface area (Å²) in [4.78, 5) is 0. The van der Waals surface area contributed by atoms with Gasteiger partial charge in [-0.15, -0.1) is 6.61 Å². The normalized spacial score (nSPS) is 5.25. The van der Waals surface area contributed by atoms with Crippen LogP contribution in [-0.4, -0.2) is 66.4 Å². The molecule has 0 fully saturated rings. The predicted molar refractivity (Wildman–Crippen MR) is 31.1 cm³/mol. The van der Waals surface area contributed by atoms with Crippen molar-refractivity contribution in [2.24, 2.45) is 0 Å². The van der Waals surface area contributed by atoms with E-state index >= 15 is 0 Å². The fourth-order valence-corrected chi connectivity index (χ4v) is 0.144. The summed E-state index contributed by atoms with van der Waals surface area (Å²) in [5.74, 6) is 0. The van der Waals surface area contributed by atoms with Crippen molar-refractivity contribution in [2.45, 2.75) is 19.8 Å². The molecule has 0 unspecified atom stereocenters. The SMILES string of the molecule is CCCC[O-].O.[Ba+2].[OH-]. The van der Waals surface area contributed by atoms with Gasteiger partial charge < -0.3 is 16.1 Å². The van der Waals surface area contributed by atoms with Gasteiger partial charge in [0, 0.05) is 0 Å². The van der Waals surface area contributed by atoms with Gasteiger partial charge in [0.15, 0.2) is 0 Å². The van der Waals surface area contributed by atoms with Crippen molar-refractivity contribution in [1.29, 1.82) is 0 Å². The summed E-state index contributed by atoms with van der Waals surface area (Å²) in [6, 6.07) is 0. The Kier molecular flexibility index (Phi) is 67.2. The molecule has 0 amide bonds. The number of hydrogen-bond acceptors (Lipinski definition) is 2. The van der Waals surface area contributed by atoms with E-state index in [1.54, 1.807) is 0 Å². The molecule has 0 bridgehead atoms.